The maximum Gasteiger partial charge on any atom is 0.269 e. The zero-order chi connectivity index (χ0) is 11.2. The van der Waals surface area contributed by atoms with Crippen LogP contribution in [-0.4, -0.2) is 22.5 Å². The van der Waals surface area contributed by atoms with Gasteiger partial charge in [-0.1, -0.05) is 0 Å². The number of halogens is 2. The smallest absolute Gasteiger partial charge is 0.269 e. The van der Waals surface area contributed by atoms with Crippen LogP contribution in [-0.2, 0) is 0 Å². The molecule has 0 aliphatic carbocycles. The summed E-state index contributed by atoms with van der Waals surface area (Å²) >= 11 is 0. The fourth-order valence-electron chi connectivity index (χ4n) is 3.26. The molecule has 0 aromatic rings. The molecule has 15 heavy (non-hydrogen) atoms. The highest BCUT2D eigenvalue weighted by Gasteiger charge is 2.44. The highest BCUT2D eigenvalue weighted by molar-refractivity contribution is 5.16. The van der Waals surface area contributed by atoms with E-state index in [4.69, 9.17) is 0 Å². The molecule has 2 aliphatic heterocycles. The Morgan fingerprint density at radius 3 is 1.93 bits per heavy atom. The van der Waals surface area contributed by atoms with Crippen LogP contribution in [0.25, 0.3) is 0 Å². The first kappa shape index (κ1) is 11.1. The number of rotatable bonds is 0. The Kier molecular flexibility index (Phi) is 2.61. The molecule has 0 aromatic heterocycles. The van der Waals surface area contributed by atoms with E-state index in [0.29, 0.717) is 30.5 Å². The van der Waals surface area contributed by atoms with E-state index < -0.39 is 6.08 Å². The Labute approximate surface area is 90.1 Å². The van der Waals surface area contributed by atoms with Gasteiger partial charge in [-0.2, -0.15) is 8.78 Å². The minimum absolute atomic E-state index is 0.115. The van der Waals surface area contributed by atoms with E-state index in [2.05, 4.69) is 25.7 Å². The Morgan fingerprint density at radius 1 is 1.13 bits per heavy atom. The molecule has 0 N–H and O–H groups in total. The molecule has 0 aromatic carbocycles. The van der Waals surface area contributed by atoms with Crippen LogP contribution in [0.1, 0.15) is 46.5 Å². The summed E-state index contributed by atoms with van der Waals surface area (Å²) in [7, 11) is 0. The molecular formula is C12H19F2N. The van der Waals surface area contributed by atoms with Crippen molar-refractivity contribution in [2.45, 2.75) is 64.1 Å². The van der Waals surface area contributed by atoms with E-state index in [1.54, 1.807) is 0 Å². The zero-order valence-electron chi connectivity index (χ0n) is 9.69. The van der Waals surface area contributed by atoms with Crippen molar-refractivity contribution in [2.24, 2.45) is 0 Å². The van der Waals surface area contributed by atoms with Crippen LogP contribution in [0.5, 0.6) is 0 Å². The molecule has 2 aliphatic rings. The van der Waals surface area contributed by atoms with Crippen LogP contribution in [0.2, 0.25) is 0 Å². The average molecular weight is 215 g/mol. The SMILES string of the molecule is CC(C)(C)N1C2CCC1CC(=C(F)F)C2. The van der Waals surface area contributed by atoms with E-state index in [0.717, 1.165) is 12.8 Å². The summed E-state index contributed by atoms with van der Waals surface area (Å²) in [4.78, 5) is 2.44. The molecule has 2 bridgehead atoms. The first-order chi connectivity index (χ1) is 6.89. The molecule has 2 rings (SSSR count). The maximum atomic E-state index is 12.6. The lowest BCUT2D eigenvalue weighted by Crippen LogP contribution is -2.51. The molecule has 2 atom stereocenters. The quantitative estimate of drug-likeness (QED) is 0.597. The Balaban J connectivity index is 2.21. The third-order valence-electron chi connectivity index (χ3n) is 3.63. The summed E-state index contributed by atoms with van der Waals surface area (Å²) < 4.78 is 25.2. The van der Waals surface area contributed by atoms with Gasteiger partial charge >= 0.3 is 0 Å². The fraction of sp³-hybridized carbons (Fsp3) is 0.833. The third-order valence-corrected chi connectivity index (χ3v) is 3.63. The van der Waals surface area contributed by atoms with Crippen LogP contribution in [0, 0.1) is 0 Å². The van der Waals surface area contributed by atoms with Crippen molar-refractivity contribution >= 4 is 0 Å². The molecule has 2 heterocycles. The first-order valence-electron chi connectivity index (χ1n) is 5.71. The van der Waals surface area contributed by atoms with E-state index in [1.807, 2.05) is 0 Å². The molecule has 0 amide bonds. The molecule has 0 spiro atoms. The van der Waals surface area contributed by atoms with Gasteiger partial charge in [0.05, 0.1) is 0 Å². The largest absolute Gasteiger partial charge is 0.292 e. The van der Waals surface area contributed by atoms with E-state index >= 15 is 0 Å². The second-order valence-corrected chi connectivity index (χ2v) is 5.74. The molecule has 2 saturated heterocycles. The van der Waals surface area contributed by atoms with Gasteiger partial charge in [0, 0.05) is 17.6 Å². The lowest BCUT2D eigenvalue weighted by atomic mass is 9.92. The molecule has 2 fully saturated rings. The number of hydrogen-bond acceptors (Lipinski definition) is 1. The molecule has 3 heteroatoms. The van der Waals surface area contributed by atoms with Gasteiger partial charge in [0.2, 0.25) is 0 Å². The minimum Gasteiger partial charge on any atom is -0.292 e. The number of nitrogens with zero attached hydrogens (tertiary/aromatic N) is 1. The van der Waals surface area contributed by atoms with Gasteiger partial charge in [0.25, 0.3) is 6.08 Å². The Morgan fingerprint density at radius 2 is 1.60 bits per heavy atom. The topological polar surface area (TPSA) is 3.24 Å². The van der Waals surface area contributed by atoms with Crippen molar-refractivity contribution in [3.8, 4) is 0 Å². The Bertz CT molecular complexity index is 270. The predicted octanol–water partition coefficient (Wildman–Crippen LogP) is 3.56. The van der Waals surface area contributed by atoms with Crippen LogP contribution in [0.4, 0.5) is 8.78 Å². The van der Waals surface area contributed by atoms with E-state index in [9.17, 15) is 8.78 Å². The van der Waals surface area contributed by atoms with Crippen LogP contribution in [0.15, 0.2) is 11.7 Å². The lowest BCUT2D eigenvalue weighted by Gasteiger charge is -2.44. The van der Waals surface area contributed by atoms with Gasteiger partial charge in [-0.3, -0.25) is 4.90 Å². The van der Waals surface area contributed by atoms with Crippen molar-refractivity contribution in [1.82, 2.24) is 4.90 Å². The summed E-state index contributed by atoms with van der Waals surface area (Å²) in [5.74, 6) is 0. The number of fused-ring (bicyclic) bond motifs is 2. The van der Waals surface area contributed by atoms with Crippen molar-refractivity contribution in [2.75, 3.05) is 0 Å². The average Bonchev–Trinajstić information content (AvgIpc) is 2.37. The Hall–Kier alpha value is -0.440. The van der Waals surface area contributed by atoms with Crippen LogP contribution in [0.3, 0.4) is 0 Å². The summed E-state index contributed by atoms with van der Waals surface area (Å²) in [6, 6.07) is 0.695. The summed E-state index contributed by atoms with van der Waals surface area (Å²) in [6.07, 6.45) is 1.89. The van der Waals surface area contributed by atoms with Crippen molar-refractivity contribution in [3.05, 3.63) is 11.7 Å². The summed E-state index contributed by atoms with van der Waals surface area (Å²) in [5, 5.41) is 0. The third kappa shape index (κ3) is 1.94. The molecule has 0 saturated carbocycles. The molecule has 0 radical (unpaired) electrons. The molecule has 2 unspecified atom stereocenters. The van der Waals surface area contributed by atoms with Gasteiger partial charge in [0.15, 0.2) is 0 Å². The molecule has 1 nitrogen and oxygen atoms in total. The lowest BCUT2D eigenvalue weighted by molar-refractivity contribution is 0.0580. The highest BCUT2D eigenvalue weighted by atomic mass is 19.3. The minimum atomic E-state index is -1.43. The van der Waals surface area contributed by atoms with Crippen LogP contribution >= 0.6 is 0 Å². The van der Waals surface area contributed by atoms with Gasteiger partial charge < -0.3 is 0 Å². The second kappa shape index (κ2) is 3.55. The highest BCUT2D eigenvalue weighted by Crippen LogP contribution is 2.43. The maximum absolute atomic E-state index is 12.6. The van der Waals surface area contributed by atoms with E-state index in [-0.39, 0.29) is 5.54 Å². The fourth-order valence-corrected chi connectivity index (χ4v) is 3.26. The molecule has 86 valence electrons. The normalized spacial score (nSPS) is 32.2. The van der Waals surface area contributed by atoms with Crippen molar-refractivity contribution < 1.29 is 8.78 Å². The van der Waals surface area contributed by atoms with Crippen molar-refractivity contribution in [1.29, 1.82) is 0 Å². The van der Waals surface area contributed by atoms with Crippen LogP contribution < -0.4 is 0 Å². The van der Waals surface area contributed by atoms with Gasteiger partial charge in [0.1, 0.15) is 0 Å². The van der Waals surface area contributed by atoms with E-state index in [1.165, 1.54) is 0 Å². The number of hydrogen-bond donors (Lipinski definition) is 0. The monoisotopic (exact) mass is 215 g/mol. The standard InChI is InChI=1S/C12H19F2N/c1-12(2,3)15-9-4-5-10(15)7-8(6-9)11(13)14/h9-10H,4-7H2,1-3H3. The predicted molar refractivity (Wildman–Crippen MR) is 56.9 cm³/mol. The van der Waals surface area contributed by atoms with Gasteiger partial charge in [-0.15, -0.1) is 0 Å². The van der Waals surface area contributed by atoms with Gasteiger partial charge in [-0.05, 0) is 52.0 Å². The second-order valence-electron chi connectivity index (χ2n) is 5.74. The molecular weight excluding hydrogens is 196 g/mol. The zero-order valence-corrected chi connectivity index (χ0v) is 9.69. The summed E-state index contributed by atoms with van der Waals surface area (Å²) in [6.45, 7) is 6.54. The number of piperidine rings is 1. The first-order valence-corrected chi connectivity index (χ1v) is 5.71. The van der Waals surface area contributed by atoms with Crippen molar-refractivity contribution in [3.63, 3.8) is 0 Å². The summed E-state index contributed by atoms with van der Waals surface area (Å²) in [5.41, 5.74) is 0.521. The van der Waals surface area contributed by atoms with Gasteiger partial charge in [-0.25, -0.2) is 0 Å².